The number of carbonyl (C=O) groups excluding carboxylic acids is 5. The molecule has 0 aromatic rings. The SMILES string of the molecule is CCNC(=O)NC(=O)COC(=O)[C@H](C)N1C(=O)[C@H]2CC=CC[C@H]2C1=O. The predicted molar refractivity (Wildman–Crippen MR) is 84.8 cm³/mol. The van der Waals surface area contributed by atoms with Gasteiger partial charge in [0, 0.05) is 6.54 Å². The maximum absolute atomic E-state index is 12.4. The summed E-state index contributed by atoms with van der Waals surface area (Å²) in [5.74, 6) is -3.34. The third kappa shape index (κ3) is 4.04. The van der Waals surface area contributed by atoms with Crippen molar-refractivity contribution in [3.05, 3.63) is 12.2 Å². The largest absolute Gasteiger partial charge is 0.454 e. The van der Waals surface area contributed by atoms with Gasteiger partial charge in [0.15, 0.2) is 6.61 Å². The number of hydrogen-bond acceptors (Lipinski definition) is 6. The van der Waals surface area contributed by atoms with E-state index < -0.39 is 54.2 Å². The molecule has 0 bridgehead atoms. The molecule has 0 aromatic heterocycles. The highest BCUT2D eigenvalue weighted by Crippen LogP contribution is 2.36. The predicted octanol–water partition coefficient (Wildman–Crippen LogP) is -0.285. The smallest absolute Gasteiger partial charge is 0.329 e. The Morgan fingerprint density at radius 2 is 1.76 bits per heavy atom. The van der Waals surface area contributed by atoms with Gasteiger partial charge in [0.2, 0.25) is 11.8 Å². The average Bonchev–Trinajstić information content (AvgIpc) is 2.84. The molecule has 9 heteroatoms. The number of rotatable bonds is 5. The van der Waals surface area contributed by atoms with Gasteiger partial charge in [-0.25, -0.2) is 9.59 Å². The number of hydrogen-bond donors (Lipinski definition) is 2. The first-order chi connectivity index (χ1) is 11.9. The van der Waals surface area contributed by atoms with Gasteiger partial charge in [-0.05, 0) is 26.7 Å². The first-order valence-electron chi connectivity index (χ1n) is 8.13. The molecule has 1 saturated heterocycles. The standard InChI is InChI=1S/C16H21N3O6/c1-3-17-16(24)18-12(20)8-25-15(23)9(2)19-13(21)10-6-4-5-7-11(10)14(19)22/h4-5,9-11H,3,6-8H2,1-2H3,(H2,17,18,20,24)/t9-,10-,11+/m0/s1. The van der Waals surface area contributed by atoms with Crippen LogP contribution in [-0.2, 0) is 23.9 Å². The minimum atomic E-state index is -1.12. The highest BCUT2D eigenvalue weighted by atomic mass is 16.5. The van der Waals surface area contributed by atoms with E-state index >= 15 is 0 Å². The van der Waals surface area contributed by atoms with E-state index in [1.807, 2.05) is 17.5 Å². The zero-order valence-corrected chi connectivity index (χ0v) is 14.1. The molecule has 136 valence electrons. The van der Waals surface area contributed by atoms with E-state index in [0.717, 1.165) is 4.90 Å². The molecule has 0 unspecified atom stereocenters. The van der Waals surface area contributed by atoms with Gasteiger partial charge in [-0.1, -0.05) is 12.2 Å². The Kier molecular flexibility index (Phi) is 5.89. The maximum Gasteiger partial charge on any atom is 0.329 e. The fraction of sp³-hybridized carbons (Fsp3) is 0.562. The number of nitrogens with zero attached hydrogens (tertiary/aromatic N) is 1. The van der Waals surface area contributed by atoms with Crippen molar-refractivity contribution in [2.24, 2.45) is 11.8 Å². The summed E-state index contributed by atoms with van der Waals surface area (Å²) in [5.41, 5.74) is 0. The molecular formula is C16H21N3O6. The van der Waals surface area contributed by atoms with Crippen molar-refractivity contribution in [1.29, 1.82) is 0 Å². The Labute approximate surface area is 144 Å². The monoisotopic (exact) mass is 351 g/mol. The number of likely N-dealkylation sites (tertiary alicyclic amines) is 1. The van der Waals surface area contributed by atoms with Crippen LogP contribution in [0.2, 0.25) is 0 Å². The number of urea groups is 1. The van der Waals surface area contributed by atoms with E-state index in [0.29, 0.717) is 19.4 Å². The van der Waals surface area contributed by atoms with Crippen LogP contribution in [-0.4, -0.2) is 53.8 Å². The zero-order valence-electron chi connectivity index (χ0n) is 14.1. The van der Waals surface area contributed by atoms with Crippen LogP contribution in [0.5, 0.6) is 0 Å². The lowest BCUT2D eigenvalue weighted by Crippen LogP contribution is -2.46. The first-order valence-corrected chi connectivity index (χ1v) is 8.13. The van der Waals surface area contributed by atoms with Crippen LogP contribution < -0.4 is 10.6 Å². The topological polar surface area (TPSA) is 122 Å². The van der Waals surface area contributed by atoms with Crippen molar-refractivity contribution in [1.82, 2.24) is 15.5 Å². The highest BCUT2D eigenvalue weighted by molar-refractivity contribution is 6.08. The number of ether oxygens (including phenoxy) is 1. The summed E-state index contributed by atoms with van der Waals surface area (Å²) in [6.45, 7) is 2.73. The lowest BCUT2D eigenvalue weighted by molar-refractivity contribution is -0.159. The van der Waals surface area contributed by atoms with E-state index in [1.54, 1.807) is 6.92 Å². The molecule has 1 fully saturated rings. The molecule has 0 spiro atoms. The van der Waals surface area contributed by atoms with Crippen LogP contribution >= 0.6 is 0 Å². The molecule has 1 heterocycles. The summed E-state index contributed by atoms with van der Waals surface area (Å²) < 4.78 is 4.81. The molecule has 2 N–H and O–H groups in total. The summed E-state index contributed by atoms with van der Waals surface area (Å²) in [5, 5.41) is 4.34. The second kappa shape index (κ2) is 7.91. The van der Waals surface area contributed by atoms with Crippen LogP contribution in [0, 0.1) is 11.8 Å². The normalized spacial score (nSPS) is 23.0. The summed E-state index contributed by atoms with van der Waals surface area (Å²) in [4.78, 5) is 60.5. The molecule has 3 atom stereocenters. The van der Waals surface area contributed by atoms with Crippen molar-refractivity contribution in [2.45, 2.75) is 32.7 Å². The van der Waals surface area contributed by atoms with E-state index in [2.05, 4.69) is 5.32 Å². The quantitative estimate of drug-likeness (QED) is 0.399. The Morgan fingerprint density at radius 3 is 2.28 bits per heavy atom. The molecule has 1 aliphatic carbocycles. The Bertz CT molecular complexity index is 603. The minimum Gasteiger partial charge on any atom is -0.454 e. The van der Waals surface area contributed by atoms with Crippen LogP contribution in [0.1, 0.15) is 26.7 Å². The van der Waals surface area contributed by atoms with Gasteiger partial charge < -0.3 is 10.1 Å². The van der Waals surface area contributed by atoms with Gasteiger partial charge in [0.1, 0.15) is 6.04 Å². The van der Waals surface area contributed by atoms with Gasteiger partial charge in [-0.15, -0.1) is 0 Å². The van der Waals surface area contributed by atoms with Crippen molar-refractivity contribution in [2.75, 3.05) is 13.2 Å². The van der Waals surface area contributed by atoms with Gasteiger partial charge in [0.05, 0.1) is 11.8 Å². The summed E-state index contributed by atoms with van der Waals surface area (Å²) in [6.07, 6.45) is 4.65. The number of carbonyl (C=O) groups is 5. The van der Waals surface area contributed by atoms with Gasteiger partial charge in [0.25, 0.3) is 5.91 Å². The van der Waals surface area contributed by atoms with Crippen LogP contribution in [0.15, 0.2) is 12.2 Å². The molecular weight excluding hydrogens is 330 g/mol. The number of esters is 1. The molecule has 1 aliphatic heterocycles. The Morgan fingerprint density at radius 1 is 1.20 bits per heavy atom. The van der Waals surface area contributed by atoms with E-state index in [9.17, 15) is 24.0 Å². The number of allylic oxidation sites excluding steroid dienone is 2. The third-order valence-corrected chi connectivity index (χ3v) is 4.21. The molecule has 2 aliphatic rings. The van der Waals surface area contributed by atoms with Crippen LogP contribution in [0.4, 0.5) is 4.79 Å². The second-order valence-corrected chi connectivity index (χ2v) is 5.89. The van der Waals surface area contributed by atoms with E-state index in [-0.39, 0.29) is 0 Å². The lowest BCUT2D eigenvalue weighted by atomic mass is 9.85. The number of imide groups is 2. The summed E-state index contributed by atoms with van der Waals surface area (Å²) >= 11 is 0. The fourth-order valence-electron chi connectivity index (χ4n) is 2.94. The number of nitrogens with one attached hydrogen (secondary N) is 2. The zero-order chi connectivity index (χ0) is 18.6. The van der Waals surface area contributed by atoms with Gasteiger partial charge in [-0.2, -0.15) is 0 Å². The molecule has 0 aromatic carbocycles. The fourth-order valence-corrected chi connectivity index (χ4v) is 2.94. The van der Waals surface area contributed by atoms with Crippen molar-refractivity contribution in [3.8, 4) is 0 Å². The van der Waals surface area contributed by atoms with Gasteiger partial charge in [-0.3, -0.25) is 24.6 Å². The highest BCUT2D eigenvalue weighted by Gasteiger charge is 2.50. The lowest BCUT2D eigenvalue weighted by Gasteiger charge is -2.21. The summed E-state index contributed by atoms with van der Waals surface area (Å²) in [6, 6.07) is -1.82. The number of fused-ring (bicyclic) bond motifs is 1. The first kappa shape index (κ1) is 18.6. The Hall–Kier alpha value is -2.71. The second-order valence-electron chi connectivity index (χ2n) is 5.89. The Balaban J connectivity index is 1.90. The number of amides is 5. The third-order valence-electron chi connectivity index (χ3n) is 4.21. The molecule has 0 radical (unpaired) electrons. The molecule has 9 nitrogen and oxygen atoms in total. The van der Waals surface area contributed by atoms with E-state index in [1.165, 1.54) is 6.92 Å². The molecule has 5 amide bonds. The molecule has 25 heavy (non-hydrogen) atoms. The van der Waals surface area contributed by atoms with Gasteiger partial charge >= 0.3 is 12.0 Å². The maximum atomic E-state index is 12.4. The van der Waals surface area contributed by atoms with Crippen molar-refractivity contribution in [3.63, 3.8) is 0 Å². The van der Waals surface area contributed by atoms with E-state index in [4.69, 9.17) is 4.74 Å². The van der Waals surface area contributed by atoms with Crippen molar-refractivity contribution >= 4 is 29.7 Å². The van der Waals surface area contributed by atoms with Crippen molar-refractivity contribution < 1.29 is 28.7 Å². The van der Waals surface area contributed by atoms with Crippen LogP contribution in [0.25, 0.3) is 0 Å². The summed E-state index contributed by atoms with van der Waals surface area (Å²) in [7, 11) is 0. The molecule has 2 rings (SSSR count). The molecule has 0 saturated carbocycles. The van der Waals surface area contributed by atoms with Crippen LogP contribution in [0.3, 0.4) is 0 Å². The minimum absolute atomic E-state index is 0.340. The average molecular weight is 351 g/mol.